The molecule has 0 bridgehead atoms. The molecule has 0 aromatic heterocycles. The van der Waals surface area contributed by atoms with Crippen LogP contribution in [0.25, 0.3) is 0 Å². The van der Waals surface area contributed by atoms with E-state index < -0.39 is 0 Å². The van der Waals surface area contributed by atoms with Crippen LogP contribution >= 0.6 is 15.9 Å². The third-order valence-corrected chi connectivity index (χ3v) is 4.67. The second-order valence-corrected chi connectivity index (χ2v) is 6.75. The van der Waals surface area contributed by atoms with Gasteiger partial charge in [0.15, 0.2) is 0 Å². The Hall–Kier alpha value is -1.03. The van der Waals surface area contributed by atoms with Crippen LogP contribution in [0.1, 0.15) is 35.7 Å². The van der Waals surface area contributed by atoms with E-state index in [4.69, 9.17) is 0 Å². The first-order chi connectivity index (χ1) is 8.99. The molecule has 0 aliphatic carbocycles. The number of amides is 1. The van der Waals surface area contributed by atoms with Gasteiger partial charge < -0.3 is 10.0 Å². The van der Waals surface area contributed by atoms with Gasteiger partial charge in [0, 0.05) is 23.5 Å². The van der Waals surface area contributed by atoms with E-state index in [2.05, 4.69) is 22.9 Å². The molecule has 1 aliphatic rings. The van der Waals surface area contributed by atoms with Crippen LogP contribution in [-0.4, -0.2) is 33.8 Å². The van der Waals surface area contributed by atoms with Crippen LogP contribution in [0.4, 0.5) is 0 Å². The molecule has 1 atom stereocenters. The molecule has 1 unspecified atom stereocenters. The Morgan fingerprint density at radius 3 is 2.58 bits per heavy atom. The van der Waals surface area contributed by atoms with Gasteiger partial charge in [0.2, 0.25) is 0 Å². The van der Waals surface area contributed by atoms with E-state index in [0.29, 0.717) is 16.3 Å². The molecule has 3 nitrogen and oxygen atoms in total. The molecule has 0 saturated carbocycles. The van der Waals surface area contributed by atoms with Gasteiger partial charge in [0.25, 0.3) is 5.91 Å². The Morgan fingerprint density at radius 1 is 1.42 bits per heavy atom. The molecule has 1 fully saturated rings. The van der Waals surface area contributed by atoms with E-state index in [-0.39, 0.29) is 11.7 Å². The summed E-state index contributed by atoms with van der Waals surface area (Å²) in [7, 11) is 0. The minimum Gasteiger partial charge on any atom is -0.508 e. The Morgan fingerprint density at radius 2 is 2.05 bits per heavy atom. The van der Waals surface area contributed by atoms with Gasteiger partial charge in [-0.3, -0.25) is 4.79 Å². The molecule has 1 heterocycles. The van der Waals surface area contributed by atoms with Gasteiger partial charge in [-0.15, -0.1) is 0 Å². The SMILES string of the molecule is Cc1cc(C(=O)N2CCC(C(C)Br)CC2)ccc1O. The number of phenols is 1. The van der Waals surface area contributed by atoms with Crippen LogP contribution in [0.5, 0.6) is 5.75 Å². The number of hydrogen-bond donors (Lipinski definition) is 1. The van der Waals surface area contributed by atoms with Gasteiger partial charge in [-0.1, -0.05) is 22.9 Å². The fourth-order valence-corrected chi connectivity index (χ4v) is 3.06. The van der Waals surface area contributed by atoms with Crippen molar-refractivity contribution in [3.63, 3.8) is 0 Å². The molecule has 2 rings (SSSR count). The van der Waals surface area contributed by atoms with Gasteiger partial charge >= 0.3 is 0 Å². The number of aryl methyl sites for hydroxylation is 1. The summed E-state index contributed by atoms with van der Waals surface area (Å²) in [6.45, 7) is 5.62. The third-order valence-electron chi connectivity index (χ3n) is 3.92. The maximum Gasteiger partial charge on any atom is 0.253 e. The number of aromatic hydroxyl groups is 1. The lowest BCUT2D eigenvalue weighted by molar-refractivity contribution is 0.0691. The summed E-state index contributed by atoms with van der Waals surface area (Å²) < 4.78 is 0. The van der Waals surface area contributed by atoms with Gasteiger partial charge in [0.05, 0.1) is 0 Å². The molecule has 0 radical (unpaired) electrons. The average Bonchev–Trinajstić information content (AvgIpc) is 2.41. The highest BCUT2D eigenvalue weighted by Crippen LogP contribution is 2.26. The number of benzene rings is 1. The van der Waals surface area contributed by atoms with Crippen molar-refractivity contribution in [3.8, 4) is 5.75 Å². The quantitative estimate of drug-likeness (QED) is 0.847. The molecule has 1 amide bonds. The lowest BCUT2D eigenvalue weighted by Crippen LogP contribution is -2.39. The molecule has 1 aliphatic heterocycles. The summed E-state index contributed by atoms with van der Waals surface area (Å²) in [6.07, 6.45) is 2.10. The van der Waals surface area contributed by atoms with E-state index in [9.17, 15) is 9.90 Å². The molecule has 4 heteroatoms. The van der Waals surface area contributed by atoms with Gasteiger partial charge in [-0.25, -0.2) is 0 Å². The first-order valence-electron chi connectivity index (χ1n) is 6.72. The molecule has 19 heavy (non-hydrogen) atoms. The smallest absolute Gasteiger partial charge is 0.253 e. The highest BCUT2D eigenvalue weighted by Gasteiger charge is 2.25. The molecule has 1 saturated heterocycles. The predicted molar refractivity (Wildman–Crippen MR) is 79.9 cm³/mol. The van der Waals surface area contributed by atoms with Crippen molar-refractivity contribution in [2.24, 2.45) is 5.92 Å². The number of carbonyl (C=O) groups is 1. The Bertz CT molecular complexity index is 465. The minimum atomic E-state index is 0.0729. The van der Waals surface area contributed by atoms with Gasteiger partial charge in [0.1, 0.15) is 5.75 Å². The zero-order valence-corrected chi connectivity index (χ0v) is 13.0. The fourth-order valence-electron chi connectivity index (χ4n) is 2.53. The first-order valence-corrected chi connectivity index (χ1v) is 7.63. The second-order valence-electron chi connectivity index (χ2n) is 5.31. The van der Waals surface area contributed by atoms with Crippen LogP contribution in [0.2, 0.25) is 0 Å². The van der Waals surface area contributed by atoms with Crippen molar-refractivity contribution in [2.75, 3.05) is 13.1 Å². The van der Waals surface area contributed by atoms with Crippen LogP contribution < -0.4 is 0 Å². The van der Waals surface area contributed by atoms with Crippen LogP contribution in [-0.2, 0) is 0 Å². The summed E-state index contributed by atoms with van der Waals surface area (Å²) in [4.78, 5) is 14.8. The molecular formula is C15H20BrNO2. The molecule has 0 spiro atoms. The number of alkyl halides is 1. The van der Waals surface area contributed by atoms with E-state index in [0.717, 1.165) is 31.5 Å². The zero-order chi connectivity index (χ0) is 14.0. The van der Waals surface area contributed by atoms with Crippen LogP contribution in [0, 0.1) is 12.8 Å². The minimum absolute atomic E-state index is 0.0729. The van der Waals surface area contributed by atoms with Crippen molar-refractivity contribution in [3.05, 3.63) is 29.3 Å². The standard InChI is InChI=1S/C15H20BrNO2/c1-10-9-13(3-4-14(10)18)15(19)17-7-5-12(6-8-17)11(2)16/h3-4,9,11-12,18H,5-8H2,1-2H3. The molecule has 104 valence electrons. The summed E-state index contributed by atoms with van der Waals surface area (Å²) in [5.41, 5.74) is 1.41. The van der Waals surface area contributed by atoms with Crippen molar-refractivity contribution < 1.29 is 9.90 Å². The number of piperidine rings is 1. The summed E-state index contributed by atoms with van der Waals surface area (Å²) in [6, 6.07) is 5.05. The predicted octanol–water partition coefficient (Wildman–Crippen LogP) is 3.34. The number of phenolic OH excluding ortho intramolecular Hbond substituents is 1. The maximum atomic E-state index is 12.4. The fraction of sp³-hybridized carbons (Fsp3) is 0.533. The monoisotopic (exact) mass is 325 g/mol. The zero-order valence-electron chi connectivity index (χ0n) is 11.4. The lowest BCUT2D eigenvalue weighted by Gasteiger charge is -2.33. The number of likely N-dealkylation sites (tertiary alicyclic amines) is 1. The maximum absolute atomic E-state index is 12.4. The average molecular weight is 326 g/mol. The molecule has 1 aromatic carbocycles. The summed E-state index contributed by atoms with van der Waals surface area (Å²) in [5, 5.41) is 9.50. The number of nitrogens with zero attached hydrogens (tertiary/aromatic N) is 1. The summed E-state index contributed by atoms with van der Waals surface area (Å²) in [5.74, 6) is 0.970. The highest BCUT2D eigenvalue weighted by molar-refractivity contribution is 9.09. The van der Waals surface area contributed by atoms with Gasteiger partial charge in [-0.05, 0) is 49.4 Å². The van der Waals surface area contributed by atoms with Crippen molar-refractivity contribution >= 4 is 21.8 Å². The number of carbonyl (C=O) groups excluding carboxylic acids is 1. The van der Waals surface area contributed by atoms with E-state index >= 15 is 0 Å². The van der Waals surface area contributed by atoms with Crippen molar-refractivity contribution in [1.82, 2.24) is 4.90 Å². The highest BCUT2D eigenvalue weighted by atomic mass is 79.9. The van der Waals surface area contributed by atoms with Crippen LogP contribution in [0.15, 0.2) is 18.2 Å². The Labute approximate surface area is 122 Å². The number of hydrogen-bond acceptors (Lipinski definition) is 2. The lowest BCUT2D eigenvalue weighted by atomic mass is 9.94. The van der Waals surface area contributed by atoms with E-state index in [1.165, 1.54) is 0 Å². The molecular weight excluding hydrogens is 306 g/mol. The van der Waals surface area contributed by atoms with E-state index in [1.54, 1.807) is 18.2 Å². The molecule has 1 N–H and O–H groups in total. The number of rotatable bonds is 2. The first kappa shape index (κ1) is 14.4. The number of halogens is 1. The molecule has 1 aromatic rings. The Balaban J connectivity index is 2.03. The topological polar surface area (TPSA) is 40.5 Å². The van der Waals surface area contributed by atoms with Gasteiger partial charge in [-0.2, -0.15) is 0 Å². The normalized spacial score (nSPS) is 18.4. The van der Waals surface area contributed by atoms with Crippen molar-refractivity contribution in [1.29, 1.82) is 0 Å². The second kappa shape index (κ2) is 5.95. The summed E-state index contributed by atoms with van der Waals surface area (Å²) >= 11 is 3.62. The third kappa shape index (κ3) is 3.30. The van der Waals surface area contributed by atoms with E-state index in [1.807, 2.05) is 11.8 Å². The van der Waals surface area contributed by atoms with Crippen molar-refractivity contribution in [2.45, 2.75) is 31.5 Å². The van der Waals surface area contributed by atoms with Crippen LogP contribution in [0.3, 0.4) is 0 Å². The Kier molecular flexibility index (Phi) is 4.50. The largest absolute Gasteiger partial charge is 0.508 e.